The number of hydrogen-bond donors (Lipinski definition) is 3. The Hall–Kier alpha value is -0.320. The molecule has 5 heteroatoms. The van der Waals surface area contributed by atoms with E-state index in [9.17, 15) is 9.90 Å². The molecule has 0 saturated heterocycles. The van der Waals surface area contributed by atoms with Crippen molar-refractivity contribution in [3.8, 4) is 0 Å². The van der Waals surface area contributed by atoms with Gasteiger partial charge in [-0.2, -0.15) is 0 Å². The maximum Gasteiger partial charge on any atom is 0.317 e. The van der Waals surface area contributed by atoms with E-state index in [2.05, 4.69) is 26.1 Å². The lowest BCUT2D eigenvalue weighted by molar-refractivity contribution is -0.144. The number of rotatable bonds is 3. The van der Waals surface area contributed by atoms with E-state index in [4.69, 9.17) is 5.11 Å². The summed E-state index contributed by atoms with van der Waals surface area (Å²) in [4.78, 5) is 10.6. The van der Waals surface area contributed by atoms with Gasteiger partial charge in [0.05, 0.1) is 6.54 Å². The number of halogens is 1. The van der Waals surface area contributed by atoms with Crippen LogP contribution in [0.15, 0.2) is 0 Å². The van der Waals surface area contributed by atoms with Crippen molar-refractivity contribution >= 4 is 18.4 Å². The minimum absolute atomic E-state index is 0. The summed E-state index contributed by atoms with van der Waals surface area (Å²) in [6, 6.07) is 0. The predicted molar refractivity (Wildman–Crippen MR) is 67.1 cm³/mol. The van der Waals surface area contributed by atoms with Gasteiger partial charge in [0.25, 0.3) is 0 Å². The molecule has 100 valence electrons. The predicted octanol–water partition coefficient (Wildman–Crippen LogP) is 1.62. The van der Waals surface area contributed by atoms with E-state index in [1.54, 1.807) is 0 Å². The number of carbonyl (C=O) groups is 1. The van der Waals surface area contributed by atoms with E-state index >= 15 is 0 Å². The molecule has 0 radical (unpaired) electrons. The molecule has 2 rings (SSSR count). The highest BCUT2D eigenvalue weighted by Crippen LogP contribution is 2.68. The largest absolute Gasteiger partial charge is 0.480 e. The zero-order chi connectivity index (χ0) is 12.2. The second-order valence-corrected chi connectivity index (χ2v) is 6.10. The minimum Gasteiger partial charge on any atom is -0.480 e. The molecule has 3 N–H and O–H groups in total. The zero-order valence-corrected chi connectivity index (χ0v) is 11.4. The summed E-state index contributed by atoms with van der Waals surface area (Å²) in [5.41, 5.74) is -1.16. The van der Waals surface area contributed by atoms with Gasteiger partial charge in [-0.25, -0.2) is 0 Å². The first-order valence-electron chi connectivity index (χ1n) is 5.92. The molecule has 2 saturated carbocycles. The lowest BCUT2D eigenvalue weighted by Gasteiger charge is -2.45. The average molecular weight is 264 g/mol. The van der Waals surface area contributed by atoms with Crippen LogP contribution in [0.3, 0.4) is 0 Å². The van der Waals surface area contributed by atoms with Gasteiger partial charge in [-0.15, -0.1) is 12.4 Å². The smallest absolute Gasteiger partial charge is 0.317 e. The number of nitrogens with one attached hydrogen (secondary N) is 1. The van der Waals surface area contributed by atoms with Gasteiger partial charge in [0.15, 0.2) is 0 Å². The van der Waals surface area contributed by atoms with Gasteiger partial charge in [-0.05, 0) is 30.6 Å². The van der Waals surface area contributed by atoms with Crippen LogP contribution in [0.1, 0.15) is 40.0 Å². The van der Waals surface area contributed by atoms with Crippen LogP contribution in [-0.2, 0) is 4.79 Å². The molecule has 2 aliphatic rings. The lowest BCUT2D eigenvalue weighted by atomic mass is 9.67. The fourth-order valence-electron chi connectivity index (χ4n) is 3.76. The monoisotopic (exact) mass is 263 g/mol. The highest BCUT2D eigenvalue weighted by molar-refractivity contribution is 5.85. The summed E-state index contributed by atoms with van der Waals surface area (Å²) < 4.78 is 0. The van der Waals surface area contributed by atoms with Crippen molar-refractivity contribution in [2.24, 2.45) is 16.7 Å². The van der Waals surface area contributed by atoms with Gasteiger partial charge in [0.1, 0.15) is 5.72 Å². The summed E-state index contributed by atoms with van der Waals surface area (Å²) >= 11 is 0. The highest BCUT2D eigenvalue weighted by Gasteiger charge is 2.68. The number of carboxylic acid groups (broad SMARTS) is 1. The molecular formula is C12H22ClNO3. The Morgan fingerprint density at radius 1 is 1.41 bits per heavy atom. The Kier molecular flexibility index (Phi) is 3.56. The van der Waals surface area contributed by atoms with Crippen molar-refractivity contribution < 1.29 is 15.0 Å². The SMILES string of the molecule is CC1(C)C2CCC1(C)C(O)(NCC(=O)O)C2.Cl. The van der Waals surface area contributed by atoms with Crippen LogP contribution in [0, 0.1) is 16.7 Å². The third kappa shape index (κ3) is 1.77. The summed E-state index contributed by atoms with van der Waals surface area (Å²) in [5, 5.41) is 22.2. The van der Waals surface area contributed by atoms with E-state index in [0.717, 1.165) is 12.8 Å². The molecule has 3 unspecified atom stereocenters. The van der Waals surface area contributed by atoms with E-state index in [0.29, 0.717) is 12.3 Å². The molecule has 0 aromatic carbocycles. The Bertz CT molecular complexity index is 334. The highest BCUT2D eigenvalue weighted by atomic mass is 35.5. The molecule has 0 aliphatic heterocycles. The van der Waals surface area contributed by atoms with Gasteiger partial charge >= 0.3 is 5.97 Å². The Balaban J connectivity index is 0.00000144. The maximum atomic E-state index is 10.7. The van der Waals surface area contributed by atoms with Crippen LogP contribution in [-0.4, -0.2) is 28.5 Å². The number of fused-ring (bicyclic) bond motifs is 2. The van der Waals surface area contributed by atoms with Crippen molar-refractivity contribution in [2.75, 3.05) is 6.54 Å². The van der Waals surface area contributed by atoms with Crippen molar-refractivity contribution in [3.05, 3.63) is 0 Å². The normalized spacial score (nSPS) is 42.2. The first kappa shape index (κ1) is 14.7. The van der Waals surface area contributed by atoms with E-state index in [-0.39, 0.29) is 29.8 Å². The first-order valence-corrected chi connectivity index (χ1v) is 5.92. The number of carboxylic acids is 1. The fraction of sp³-hybridized carbons (Fsp3) is 0.917. The molecule has 0 spiro atoms. The van der Waals surface area contributed by atoms with Crippen molar-refractivity contribution in [2.45, 2.75) is 45.8 Å². The van der Waals surface area contributed by atoms with Crippen LogP contribution in [0.5, 0.6) is 0 Å². The van der Waals surface area contributed by atoms with E-state index < -0.39 is 11.7 Å². The Morgan fingerprint density at radius 3 is 2.35 bits per heavy atom. The van der Waals surface area contributed by atoms with Gasteiger partial charge in [-0.3, -0.25) is 10.1 Å². The van der Waals surface area contributed by atoms with Crippen LogP contribution < -0.4 is 5.32 Å². The molecule has 2 bridgehead atoms. The quantitative estimate of drug-likeness (QED) is 0.677. The molecule has 0 amide bonds. The summed E-state index contributed by atoms with van der Waals surface area (Å²) in [6.07, 6.45) is 2.78. The number of aliphatic hydroxyl groups is 1. The standard InChI is InChI=1S/C12H21NO3.ClH/c1-10(2)8-4-5-11(10,3)12(16,6-8)13-7-9(14)15;/h8,13,16H,4-7H2,1-3H3,(H,14,15);1H. The molecule has 3 atom stereocenters. The second-order valence-electron chi connectivity index (χ2n) is 6.10. The fourth-order valence-corrected chi connectivity index (χ4v) is 3.76. The third-order valence-corrected chi connectivity index (χ3v) is 5.42. The summed E-state index contributed by atoms with van der Waals surface area (Å²) in [5.74, 6) is -0.429. The van der Waals surface area contributed by atoms with Gasteiger partial charge in [-0.1, -0.05) is 20.8 Å². The topological polar surface area (TPSA) is 69.6 Å². The van der Waals surface area contributed by atoms with Crippen LogP contribution in [0.2, 0.25) is 0 Å². The van der Waals surface area contributed by atoms with Gasteiger partial charge in [0, 0.05) is 5.41 Å². The average Bonchev–Trinajstić information content (AvgIpc) is 2.47. The van der Waals surface area contributed by atoms with Crippen LogP contribution >= 0.6 is 12.4 Å². The molecule has 0 heterocycles. The van der Waals surface area contributed by atoms with Crippen molar-refractivity contribution in [1.29, 1.82) is 0 Å². The Labute approximate surface area is 108 Å². The molecule has 2 fully saturated rings. The second kappa shape index (κ2) is 4.11. The third-order valence-electron chi connectivity index (χ3n) is 5.42. The number of hydrogen-bond acceptors (Lipinski definition) is 3. The van der Waals surface area contributed by atoms with Crippen molar-refractivity contribution in [3.63, 3.8) is 0 Å². The maximum absolute atomic E-state index is 10.7. The minimum atomic E-state index is -1.02. The van der Waals surface area contributed by atoms with E-state index in [1.165, 1.54) is 0 Å². The van der Waals surface area contributed by atoms with Crippen LogP contribution in [0.4, 0.5) is 0 Å². The Morgan fingerprint density at radius 2 is 2.00 bits per heavy atom. The van der Waals surface area contributed by atoms with Crippen LogP contribution in [0.25, 0.3) is 0 Å². The molecule has 0 aromatic heterocycles. The zero-order valence-electron chi connectivity index (χ0n) is 10.6. The van der Waals surface area contributed by atoms with Crippen molar-refractivity contribution in [1.82, 2.24) is 5.32 Å². The number of aliphatic carboxylic acids is 1. The molecule has 17 heavy (non-hydrogen) atoms. The molecular weight excluding hydrogens is 242 g/mol. The van der Waals surface area contributed by atoms with Gasteiger partial charge in [0.2, 0.25) is 0 Å². The summed E-state index contributed by atoms with van der Waals surface area (Å²) in [7, 11) is 0. The molecule has 0 aromatic rings. The van der Waals surface area contributed by atoms with E-state index in [1.807, 2.05) is 0 Å². The lowest BCUT2D eigenvalue weighted by Crippen LogP contribution is -2.58. The van der Waals surface area contributed by atoms with Gasteiger partial charge < -0.3 is 10.2 Å². The molecule has 2 aliphatic carbocycles. The summed E-state index contributed by atoms with van der Waals surface area (Å²) in [6.45, 7) is 6.28. The molecule has 4 nitrogen and oxygen atoms in total. The first-order chi connectivity index (χ1) is 7.23.